The van der Waals surface area contributed by atoms with Gasteiger partial charge in [-0.3, -0.25) is 10.9 Å². The number of rotatable bonds is 5. The van der Waals surface area contributed by atoms with E-state index in [2.05, 4.69) is 46.2 Å². The summed E-state index contributed by atoms with van der Waals surface area (Å²) in [5.41, 5.74) is 7.80. The molecule has 3 N–H and O–H groups in total. The van der Waals surface area contributed by atoms with E-state index in [9.17, 15) is 0 Å². The van der Waals surface area contributed by atoms with Gasteiger partial charge in [-0.1, -0.05) is 6.07 Å². The van der Waals surface area contributed by atoms with Crippen LogP contribution in [0.2, 0.25) is 0 Å². The normalized spacial score (nSPS) is 26.4. The van der Waals surface area contributed by atoms with E-state index >= 15 is 0 Å². The number of nitrogens with one attached hydrogen (secondary N) is 3. The Morgan fingerprint density at radius 1 is 1.32 bits per heavy atom. The van der Waals surface area contributed by atoms with Crippen LogP contribution < -0.4 is 25.8 Å². The highest BCUT2D eigenvalue weighted by Crippen LogP contribution is 2.24. The number of ether oxygens (including phenoxy) is 1. The van der Waals surface area contributed by atoms with Gasteiger partial charge in [-0.05, 0) is 31.9 Å². The van der Waals surface area contributed by atoms with Crippen LogP contribution in [-0.2, 0) is 0 Å². The lowest BCUT2D eigenvalue weighted by Gasteiger charge is -2.34. The van der Waals surface area contributed by atoms with Gasteiger partial charge < -0.3 is 15.0 Å². The Balaban J connectivity index is 1.45. The number of hydrogen-bond acceptors (Lipinski definition) is 5. The lowest BCUT2D eigenvalue weighted by Crippen LogP contribution is -2.45. The summed E-state index contributed by atoms with van der Waals surface area (Å²) in [5.74, 6) is 1.63. The fraction of sp³-hybridized carbons (Fsp3) is 0.647. The number of hydrazine groups is 1. The molecule has 2 heterocycles. The van der Waals surface area contributed by atoms with E-state index in [0.717, 1.165) is 31.9 Å². The minimum atomic E-state index is 0.560. The summed E-state index contributed by atoms with van der Waals surface area (Å²) >= 11 is 0. The summed E-state index contributed by atoms with van der Waals surface area (Å²) in [7, 11) is 1.73. The van der Waals surface area contributed by atoms with Gasteiger partial charge in [0, 0.05) is 55.9 Å². The second kappa shape index (κ2) is 7.31. The van der Waals surface area contributed by atoms with Crippen LogP contribution in [0.5, 0.6) is 5.75 Å². The summed E-state index contributed by atoms with van der Waals surface area (Å²) in [6, 6.07) is 9.58. The van der Waals surface area contributed by atoms with E-state index in [1.807, 2.05) is 6.07 Å². The van der Waals surface area contributed by atoms with Gasteiger partial charge >= 0.3 is 0 Å². The molecule has 2 atom stereocenters. The zero-order valence-electron chi connectivity index (χ0n) is 13.6. The van der Waals surface area contributed by atoms with Crippen molar-refractivity contribution in [3.8, 4) is 5.75 Å². The maximum atomic E-state index is 5.32. The van der Waals surface area contributed by atoms with Gasteiger partial charge in [0.05, 0.1) is 7.11 Å². The first-order valence-corrected chi connectivity index (χ1v) is 8.37. The molecule has 122 valence electrons. The van der Waals surface area contributed by atoms with Crippen molar-refractivity contribution in [3.05, 3.63) is 24.3 Å². The maximum absolute atomic E-state index is 5.32. The van der Waals surface area contributed by atoms with Crippen molar-refractivity contribution in [3.63, 3.8) is 0 Å². The predicted octanol–water partition coefficient (Wildman–Crippen LogP) is 1.37. The van der Waals surface area contributed by atoms with Crippen molar-refractivity contribution in [2.45, 2.75) is 31.8 Å². The Bertz CT molecular complexity index is 473. The fourth-order valence-corrected chi connectivity index (χ4v) is 3.36. The van der Waals surface area contributed by atoms with Crippen LogP contribution >= 0.6 is 0 Å². The van der Waals surface area contributed by atoms with E-state index in [0.29, 0.717) is 18.0 Å². The highest BCUT2D eigenvalue weighted by atomic mass is 16.5. The second-order valence-electron chi connectivity index (χ2n) is 6.45. The van der Waals surface area contributed by atoms with Crippen molar-refractivity contribution in [1.82, 2.24) is 16.2 Å². The number of methoxy groups -OCH3 is 1. The largest absolute Gasteiger partial charge is 0.497 e. The molecule has 0 bridgehead atoms. The average molecular weight is 304 g/mol. The summed E-state index contributed by atoms with van der Waals surface area (Å²) in [6.45, 7) is 6.64. The van der Waals surface area contributed by atoms with Crippen molar-refractivity contribution in [1.29, 1.82) is 0 Å². The molecule has 2 aliphatic rings. The lowest BCUT2D eigenvalue weighted by atomic mass is 10.0. The monoisotopic (exact) mass is 304 g/mol. The maximum Gasteiger partial charge on any atom is 0.120 e. The van der Waals surface area contributed by atoms with E-state index in [1.54, 1.807) is 7.11 Å². The fourth-order valence-electron chi connectivity index (χ4n) is 3.36. The Labute approximate surface area is 133 Å². The molecule has 0 amide bonds. The van der Waals surface area contributed by atoms with Gasteiger partial charge in [0.2, 0.25) is 0 Å². The van der Waals surface area contributed by atoms with Crippen LogP contribution in [0.4, 0.5) is 5.69 Å². The molecule has 2 unspecified atom stereocenters. The average Bonchev–Trinajstić information content (AvgIpc) is 2.98. The van der Waals surface area contributed by atoms with Crippen molar-refractivity contribution >= 4 is 5.69 Å². The van der Waals surface area contributed by atoms with Gasteiger partial charge in [-0.25, -0.2) is 0 Å². The van der Waals surface area contributed by atoms with Gasteiger partial charge in [0.15, 0.2) is 0 Å². The Morgan fingerprint density at radius 2 is 2.14 bits per heavy atom. The van der Waals surface area contributed by atoms with Crippen LogP contribution in [0.3, 0.4) is 0 Å². The van der Waals surface area contributed by atoms with Crippen molar-refractivity contribution in [2.24, 2.45) is 5.92 Å². The summed E-state index contributed by atoms with van der Waals surface area (Å²) in [5, 5.41) is 3.76. The minimum Gasteiger partial charge on any atom is -0.497 e. The molecular weight excluding hydrogens is 276 g/mol. The molecule has 2 fully saturated rings. The third-order valence-corrected chi connectivity index (χ3v) is 4.98. The van der Waals surface area contributed by atoms with Crippen LogP contribution in [0.1, 0.15) is 19.8 Å². The predicted molar refractivity (Wildman–Crippen MR) is 90.3 cm³/mol. The summed E-state index contributed by atoms with van der Waals surface area (Å²) < 4.78 is 5.32. The molecule has 22 heavy (non-hydrogen) atoms. The minimum absolute atomic E-state index is 0.560. The van der Waals surface area contributed by atoms with Crippen LogP contribution in [0.15, 0.2) is 24.3 Å². The lowest BCUT2D eigenvalue weighted by molar-refractivity contribution is 0.369. The third kappa shape index (κ3) is 3.72. The van der Waals surface area contributed by atoms with Gasteiger partial charge in [0.25, 0.3) is 0 Å². The van der Waals surface area contributed by atoms with Crippen molar-refractivity contribution < 1.29 is 4.74 Å². The molecule has 5 nitrogen and oxygen atoms in total. The quantitative estimate of drug-likeness (QED) is 0.767. The molecule has 0 aromatic heterocycles. The summed E-state index contributed by atoms with van der Waals surface area (Å²) in [6.07, 6.45) is 2.42. The molecule has 2 aliphatic heterocycles. The molecule has 1 aromatic carbocycles. The summed E-state index contributed by atoms with van der Waals surface area (Å²) in [4.78, 5) is 2.46. The number of benzene rings is 1. The molecule has 0 aliphatic carbocycles. The molecule has 5 heteroatoms. The first-order chi connectivity index (χ1) is 10.8. The molecule has 0 radical (unpaired) electrons. The smallest absolute Gasteiger partial charge is 0.120 e. The van der Waals surface area contributed by atoms with Crippen molar-refractivity contribution in [2.75, 3.05) is 38.2 Å². The zero-order valence-corrected chi connectivity index (χ0v) is 13.6. The third-order valence-electron chi connectivity index (χ3n) is 4.98. The second-order valence-corrected chi connectivity index (χ2v) is 6.45. The zero-order chi connectivity index (χ0) is 15.4. The number of anilines is 1. The highest BCUT2D eigenvalue weighted by Gasteiger charge is 2.25. The van der Waals surface area contributed by atoms with E-state index in [-0.39, 0.29) is 0 Å². The Morgan fingerprint density at radius 3 is 2.82 bits per heavy atom. The molecule has 1 aromatic rings. The standard InChI is InChI=1S/C17H28N4O/c1-13-14(12-19-20-13)11-18-15-6-8-21(9-7-15)16-4-3-5-17(10-16)22-2/h3-5,10,13-15,18-20H,6-9,11-12H2,1-2H3. The topological polar surface area (TPSA) is 48.6 Å². The van der Waals surface area contributed by atoms with Gasteiger partial charge in [-0.2, -0.15) is 0 Å². The Kier molecular flexibility index (Phi) is 5.18. The first-order valence-electron chi connectivity index (χ1n) is 8.37. The molecule has 3 rings (SSSR count). The molecule has 0 spiro atoms. The van der Waals surface area contributed by atoms with Crippen LogP contribution in [0, 0.1) is 5.92 Å². The van der Waals surface area contributed by atoms with Gasteiger partial charge in [0.1, 0.15) is 5.75 Å². The first kappa shape index (κ1) is 15.6. The number of nitrogens with zero attached hydrogens (tertiary/aromatic N) is 1. The van der Waals surface area contributed by atoms with Crippen LogP contribution in [0.25, 0.3) is 0 Å². The van der Waals surface area contributed by atoms with E-state index < -0.39 is 0 Å². The highest BCUT2D eigenvalue weighted by molar-refractivity contribution is 5.51. The Hall–Kier alpha value is -1.30. The van der Waals surface area contributed by atoms with E-state index in [1.165, 1.54) is 18.5 Å². The molecule has 0 saturated carbocycles. The number of hydrogen-bond donors (Lipinski definition) is 3. The van der Waals surface area contributed by atoms with E-state index in [4.69, 9.17) is 4.74 Å². The van der Waals surface area contributed by atoms with Gasteiger partial charge in [-0.15, -0.1) is 0 Å². The SMILES string of the molecule is COc1cccc(N2CCC(NCC3CNNC3C)CC2)c1. The molecular formula is C17H28N4O. The number of piperidine rings is 1. The van der Waals surface area contributed by atoms with Crippen LogP contribution in [-0.4, -0.2) is 45.4 Å². The molecule has 2 saturated heterocycles.